The minimum Gasteiger partial charge on any atom is -0.459 e. The fourth-order valence-corrected chi connectivity index (χ4v) is 2.63. The number of furan rings is 1. The Morgan fingerprint density at radius 3 is 2.67 bits per heavy atom. The zero-order chi connectivity index (χ0) is 20.6. The molecule has 9 heteroatoms. The molecule has 0 aliphatic heterocycles. The summed E-state index contributed by atoms with van der Waals surface area (Å²) in [7, 11) is 0. The van der Waals surface area contributed by atoms with E-state index in [-0.39, 0.29) is 35.6 Å². The van der Waals surface area contributed by atoms with Crippen molar-refractivity contribution >= 4 is 41.5 Å². The molecule has 8 nitrogen and oxygen atoms in total. The van der Waals surface area contributed by atoms with Crippen molar-refractivity contribution in [1.82, 2.24) is 15.6 Å². The summed E-state index contributed by atoms with van der Waals surface area (Å²) in [5.74, 6) is 2.07. The van der Waals surface area contributed by atoms with E-state index in [0.717, 1.165) is 23.6 Å². The number of guanidine groups is 1. The van der Waals surface area contributed by atoms with Crippen molar-refractivity contribution in [2.45, 2.75) is 33.9 Å². The summed E-state index contributed by atoms with van der Waals surface area (Å²) in [4.78, 5) is 21.1. The average Bonchev–Trinajstić information content (AvgIpc) is 3.35. The van der Waals surface area contributed by atoms with Crippen LogP contribution in [0.25, 0.3) is 0 Å². The van der Waals surface area contributed by atoms with Gasteiger partial charge in [-0.3, -0.25) is 4.79 Å². The number of oxazole rings is 1. The van der Waals surface area contributed by atoms with Crippen LogP contribution >= 0.6 is 24.0 Å². The van der Waals surface area contributed by atoms with E-state index in [1.54, 1.807) is 12.1 Å². The summed E-state index contributed by atoms with van der Waals surface area (Å²) < 4.78 is 10.7. The molecule has 3 aromatic rings. The molecule has 1 amide bonds. The molecular weight excluding hydrogens is 497 g/mol. The summed E-state index contributed by atoms with van der Waals surface area (Å²) in [5.41, 5.74) is 2.53. The van der Waals surface area contributed by atoms with E-state index >= 15 is 0 Å². The molecule has 0 spiro atoms. The van der Waals surface area contributed by atoms with Gasteiger partial charge in [0.2, 0.25) is 5.89 Å². The van der Waals surface area contributed by atoms with Crippen LogP contribution in [-0.2, 0) is 13.1 Å². The molecule has 0 aliphatic carbocycles. The maximum atomic E-state index is 12.1. The molecule has 2 aromatic heterocycles. The molecule has 0 aliphatic rings. The first-order valence-corrected chi connectivity index (χ1v) is 9.44. The molecule has 1 aromatic carbocycles. The zero-order valence-corrected chi connectivity index (χ0v) is 19.5. The standard InChI is InChI=1S/C21H25N5O3.HI/c1-4-22-21(24-13-19-25-14(2)15(3)29-19)23-12-16-7-5-8-17(11-16)26-20(27)18-9-6-10-28-18;/h5-11H,4,12-13H2,1-3H3,(H,26,27)(H2,22,23,24);1H. The Morgan fingerprint density at radius 1 is 1.17 bits per heavy atom. The second-order valence-corrected chi connectivity index (χ2v) is 6.43. The number of hydrogen-bond acceptors (Lipinski definition) is 5. The first-order valence-electron chi connectivity index (χ1n) is 9.44. The number of aromatic nitrogens is 1. The molecule has 3 N–H and O–H groups in total. The minimum atomic E-state index is -0.290. The molecule has 3 rings (SSSR count). The zero-order valence-electron chi connectivity index (χ0n) is 17.2. The molecule has 0 bridgehead atoms. The van der Waals surface area contributed by atoms with Crippen molar-refractivity contribution in [3.8, 4) is 0 Å². The fraction of sp³-hybridized carbons (Fsp3) is 0.286. The van der Waals surface area contributed by atoms with Crippen LogP contribution in [0.4, 0.5) is 5.69 Å². The third-order valence-electron chi connectivity index (χ3n) is 4.17. The molecule has 0 unspecified atom stereocenters. The van der Waals surface area contributed by atoms with Gasteiger partial charge in [-0.2, -0.15) is 0 Å². The molecule has 160 valence electrons. The van der Waals surface area contributed by atoms with Crippen LogP contribution in [0.3, 0.4) is 0 Å². The summed E-state index contributed by atoms with van der Waals surface area (Å²) in [6.45, 7) is 7.43. The van der Waals surface area contributed by atoms with Crippen molar-refractivity contribution in [2.75, 3.05) is 11.9 Å². The van der Waals surface area contributed by atoms with Gasteiger partial charge >= 0.3 is 0 Å². The Bertz CT molecular complexity index is 963. The molecule has 30 heavy (non-hydrogen) atoms. The number of halogens is 1. The third kappa shape index (κ3) is 6.61. The monoisotopic (exact) mass is 523 g/mol. The van der Waals surface area contributed by atoms with Gasteiger partial charge in [-0.25, -0.2) is 9.98 Å². The van der Waals surface area contributed by atoms with Gasteiger partial charge in [-0.15, -0.1) is 24.0 Å². The maximum Gasteiger partial charge on any atom is 0.291 e. The number of nitrogens with zero attached hydrogens (tertiary/aromatic N) is 2. The number of carbonyl (C=O) groups excluding carboxylic acids is 1. The van der Waals surface area contributed by atoms with Crippen LogP contribution in [0.1, 0.15) is 40.4 Å². The summed E-state index contributed by atoms with van der Waals surface area (Å²) >= 11 is 0. The lowest BCUT2D eigenvalue weighted by Gasteiger charge is -2.10. The van der Waals surface area contributed by atoms with Crippen molar-refractivity contribution in [1.29, 1.82) is 0 Å². The Labute approximate surface area is 192 Å². The van der Waals surface area contributed by atoms with Gasteiger partial charge in [-0.05, 0) is 50.6 Å². The Balaban J connectivity index is 0.00000320. The van der Waals surface area contributed by atoms with E-state index in [4.69, 9.17) is 8.83 Å². The van der Waals surface area contributed by atoms with Crippen LogP contribution in [0.15, 0.2) is 56.5 Å². The number of nitrogens with one attached hydrogen (secondary N) is 3. The Morgan fingerprint density at radius 2 is 2.00 bits per heavy atom. The Hall–Kier alpha value is -2.82. The van der Waals surface area contributed by atoms with E-state index in [9.17, 15) is 4.79 Å². The van der Waals surface area contributed by atoms with Gasteiger partial charge in [0.05, 0.1) is 25.0 Å². The fourth-order valence-electron chi connectivity index (χ4n) is 2.63. The highest BCUT2D eigenvalue weighted by Crippen LogP contribution is 2.13. The molecule has 0 fully saturated rings. The maximum absolute atomic E-state index is 12.1. The quantitative estimate of drug-likeness (QED) is 0.246. The highest BCUT2D eigenvalue weighted by Gasteiger charge is 2.09. The predicted molar refractivity (Wildman–Crippen MR) is 126 cm³/mol. The van der Waals surface area contributed by atoms with Gasteiger partial charge in [0.15, 0.2) is 11.7 Å². The largest absolute Gasteiger partial charge is 0.459 e. The van der Waals surface area contributed by atoms with Crippen molar-refractivity contribution in [2.24, 2.45) is 4.99 Å². The predicted octanol–water partition coefficient (Wildman–Crippen LogP) is 4.01. The van der Waals surface area contributed by atoms with Gasteiger partial charge in [0.25, 0.3) is 5.91 Å². The van der Waals surface area contributed by atoms with E-state index in [0.29, 0.717) is 30.6 Å². The molecule has 0 saturated heterocycles. The van der Waals surface area contributed by atoms with Crippen LogP contribution in [-0.4, -0.2) is 23.4 Å². The summed E-state index contributed by atoms with van der Waals surface area (Å²) in [6.07, 6.45) is 1.47. The number of rotatable bonds is 7. The molecule has 0 radical (unpaired) electrons. The van der Waals surface area contributed by atoms with E-state index < -0.39 is 0 Å². The number of aliphatic imine (C=N–C) groups is 1. The average molecular weight is 523 g/mol. The molecular formula is C21H26IN5O3. The lowest BCUT2D eigenvalue weighted by Crippen LogP contribution is -2.36. The number of benzene rings is 1. The number of amides is 1. The van der Waals surface area contributed by atoms with Gasteiger partial charge < -0.3 is 24.8 Å². The number of anilines is 1. The minimum absolute atomic E-state index is 0. The van der Waals surface area contributed by atoms with E-state index in [1.807, 2.05) is 45.0 Å². The first kappa shape index (κ1) is 23.5. The normalized spacial score (nSPS) is 11.0. The highest BCUT2D eigenvalue weighted by atomic mass is 127. The number of carbonyl (C=O) groups is 1. The lowest BCUT2D eigenvalue weighted by molar-refractivity contribution is 0.0996. The number of hydrogen-bond donors (Lipinski definition) is 3. The van der Waals surface area contributed by atoms with Gasteiger partial charge in [0.1, 0.15) is 5.76 Å². The molecule has 0 atom stereocenters. The second kappa shape index (κ2) is 11.4. The highest BCUT2D eigenvalue weighted by molar-refractivity contribution is 14.0. The third-order valence-corrected chi connectivity index (χ3v) is 4.17. The summed E-state index contributed by atoms with van der Waals surface area (Å²) in [6, 6.07) is 10.8. The first-order chi connectivity index (χ1) is 14.0. The van der Waals surface area contributed by atoms with E-state index in [2.05, 4.69) is 25.9 Å². The van der Waals surface area contributed by atoms with Crippen molar-refractivity contribution in [3.63, 3.8) is 0 Å². The Kier molecular flexibility index (Phi) is 8.90. The molecule has 0 saturated carbocycles. The van der Waals surface area contributed by atoms with Crippen LogP contribution < -0.4 is 16.0 Å². The van der Waals surface area contributed by atoms with Crippen LogP contribution in [0.2, 0.25) is 0 Å². The van der Waals surface area contributed by atoms with Crippen molar-refractivity contribution in [3.05, 3.63) is 71.3 Å². The van der Waals surface area contributed by atoms with Gasteiger partial charge in [-0.1, -0.05) is 12.1 Å². The smallest absolute Gasteiger partial charge is 0.291 e. The van der Waals surface area contributed by atoms with Crippen LogP contribution in [0, 0.1) is 13.8 Å². The van der Waals surface area contributed by atoms with Crippen molar-refractivity contribution < 1.29 is 13.6 Å². The lowest BCUT2D eigenvalue weighted by atomic mass is 10.2. The van der Waals surface area contributed by atoms with Crippen LogP contribution in [0.5, 0.6) is 0 Å². The summed E-state index contributed by atoms with van der Waals surface area (Å²) in [5, 5.41) is 9.23. The van der Waals surface area contributed by atoms with E-state index in [1.165, 1.54) is 6.26 Å². The molecule has 2 heterocycles. The SMILES string of the molecule is CCNC(=NCc1cccc(NC(=O)c2ccco2)c1)NCc1nc(C)c(C)o1.I. The van der Waals surface area contributed by atoms with Gasteiger partial charge in [0, 0.05) is 12.2 Å². The topological polar surface area (TPSA) is 105 Å². The number of aryl methyl sites for hydroxylation is 2. The second-order valence-electron chi connectivity index (χ2n) is 6.43.